The van der Waals surface area contributed by atoms with Gasteiger partial charge in [-0.2, -0.15) is 0 Å². The molecular weight excluding hydrogens is 370 g/mol. The number of thiazole rings is 1. The van der Waals surface area contributed by atoms with Crippen molar-refractivity contribution in [3.8, 4) is 5.75 Å². The van der Waals surface area contributed by atoms with Gasteiger partial charge < -0.3 is 4.74 Å². The highest BCUT2D eigenvalue weighted by atomic mass is 32.1. The Hall–Kier alpha value is -2.70. The third kappa shape index (κ3) is 4.77. The van der Waals surface area contributed by atoms with E-state index >= 15 is 0 Å². The van der Waals surface area contributed by atoms with Crippen LogP contribution >= 0.6 is 11.3 Å². The van der Waals surface area contributed by atoms with Crippen LogP contribution in [0.4, 0.5) is 5.13 Å². The van der Waals surface area contributed by atoms with Gasteiger partial charge in [0, 0.05) is 25.0 Å². The Kier molecular flexibility index (Phi) is 5.69. The van der Waals surface area contributed by atoms with Crippen molar-refractivity contribution in [1.29, 1.82) is 0 Å². The Labute approximate surface area is 169 Å². The minimum absolute atomic E-state index is 0.0269. The van der Waals surface area contributed by atoms with Gasteiger partial charge in [0.05, 0.1) is 5.69 Å². The van der Waals surface area contributed by atoms with Crippen molar-refractivity contribution in [2.45, 2.75) is 26.4 Å². The molecule has 1 aliphatic rings. The monoisotopic (exact) mass is 393 g/mol. The molecule has 0 bridgehead atoms. The highest BCUT2D eigenvalue weighted by molar-refractivity contribution is 7.13. The molecular formula is C22H23N3O2S. The van der Waals surface area contributed by atoms with Crippen LogP contribution in [-0.2, 0) is 24.3 Å². The average Bonchev–Trinajstić information content (AvgIpc) is 3.14. The van der Waals surface area contributed by atoms with Gasteiger partial charge in [-0.3, -0.25) is 15.0 Å². The molecule has 1 amide bonds. The lowest BCUT2D eigenvalue weighted by atomic mass is 10.00. The number of benzene rings is 2. The largest absolute Gasteiger partial charge is 0.484 e. The van der Waals surface area contributed by atoms with Crippen LogP contribution in [0.1, 0.15) is 22.4 Å². The first-order chi connectivity index (χ1) is 13.7. The molecule has 1 aliphatic heterocycles. The first-order valence-corrected chi connectivity index (χ1v) is 10.3. The fourth-order valence-corrected chi connectivity index (χ4v) is 4.01. The van der Waals surface area contributed by atoms with Gasteiger partial charge >= 0.3 is 0 Å². The Morgan fingerprint density at radius 1 is 1.18 bits per heavy atom. The standard InChI is InChI=1S/C22H23N3O2S/c1-16-6-8-20(9-7-16)27-14-21(26)24-22-23-19(15-28-22)13-25-11-10-17-4-2-3-5-18(17)12-25/h2-9,15H,10-14H2,1H3,(H,23,24,26). The predicted molar refractivity (Wildman–Crippen MR) is 112 cm³/mol. The summed E-state index contributed by atoms with van der Waals surface area (Å²) in [6.45, 7) is 4.75. The Morgan fingerprint density at radius 2 is 1.96 bits per heavy atom. The number of fused-ring (bicyclic) bond motifs is 1. The van der Waals surface area contributed by atoms with E-state index in [2.05, 4.69) is 39.5 Å². The topological polar surface area (TPSA) is 54.5 Å². The second-order valence-corrected chi connectivity index (χ2v) is 7.88. The fourth-order valence-electron chi connectivity index (χ4n) is 3.29. The molecule has 5 nitrogen and oxygen atoms in total. The van der Waals surface area contributed by atoms with Crippen LogP contribution in [0.3, 0.4) is 0 Å². The minimum atomic E-state index is -0.201. The average molecular weight is 394 g/mol. The van der Waals surface area contributed by atoms with Crippen molar-refractivity contribution in [2.75, 3.05) is 18.5 Å². The number of hydrogen-bond donors (Lipinski definition) is 1. The SMILES string of the molecule is Cc1ccc(OCC(=O)Nc2nc(CN3CCc4ccccc4C3)cs2)cc1. The van der Waals surface area contributed by atoms with Crippen LogP contribution in [-0.4, -0.2) is 28.9 Å². The van der Waals surface area contributed by atoms with Crippen LogP contribution < -0.4 is 10.1 Å². The number of ether oxygens (including phenoxy) is 1. The van der Waals surface area contributed by atoms with E-state index in [-0.39, 0.29) is 12.5 Å². The molecule has 1 aromatic heterocycles. The molecule has 0 atom stereocenters. The third-order valence-electron chi connectivity index (χ3n) is 4.78. The number of amides is 1. The van der Waals surface area contributed by atoms with Crippen molar-refractivity contribution < 1.29 is 9.53 Å². The summed E-state index contributed by atoms with van der Waals surface area (Å²) in [5, 5.41) is 5.45. The van der Waals surface area contributed by atoms with E-state index in [1.165, 1.54) is 22.5 Å². The quantitative estimate of drug-likeness (QED) is 0.687. The normalized spacial score (nSPS) is 13.8. The van der Waals surface area contributed by atoms with Crippen LogP contribution in [0.2, 0.25) is 0 Å². The molecule has 28 heavy (non-hydrogen) atoms. The molecule has 0 aliphatic carbocycles. The number of aromatic nitrogens is 1. The summed E-state index contributed by atoms with van der Waals surface area (Å²) in [6, 6.07) is 16.2. The summed E-state index contributed by atoms with van der Waals surface area (Å²) in [5.74, 6) is 0.485. The van der Waals surface area contributed by atoms with Crippen molar-refractivity contribution in [3.63, 3.8) is 0 Å². The maximum atomic E-state index is 12.1. The van der Waals surface area contributed by atoms with Gasteiger partial charge in [-0.15, -0.1) is 11.3 Å². The van der Waals surface area contributed by atoms with E-state index in [0.29, 0.717) is 10.9 Å². The number of anilines is 1. The van der Waals surface area contributed by atoms with E-state index in [0.717, 1.165) is 37.3 Å². The second kappa shape index (κ2) is 8.54. The highest BCUT2D eigenvalue weighted by Crippen LogP contribution is 2.22. The molecule has 1 N–H and O–H groups in total. The van der Waals surface area contributed by atoms with E-state index in [4.69, 9.17) is 4.74 Å². The lowest BCUT2D eigenvalue weighted by Crippen LogP contribution is -2.30. The van der Waals surface area contributed by atoms with Crippen molar-refractivity contribution in [2.24, 2.45) is 0 Å². The highest BCUT2D eigenvalue weighted by Gasteiger charge is 2.17. The van der Waals surface area contributed by atoms with Crippen LogP contribution in [0.15, 0.2) is 53.9 Å². The lowest BCUT2D eigenvalue weighted by Gasteiger charge is -2.27. The molecule has 2 heterocycles. The van der Waals surface area contributed by atoms with Crippen molar-refractivity contribution in [3.05, 3.63) is 76.3 Å². The molecule has 0 fully saturated rings. The number of aryl methyl sites for hydroxylation is 1. The summed E-state index contributed by atoms with van der Waals surface area (Å²) >= 11 is 1.45. The van der Waals surface area contributed by atoms with Crippen molar-refractivity contribution >= 4 is 22.4 Å². The van der Waals surface area contributed by atoms with Gasteiger partial charge in [0.15, 0.2) is 11.7 Å². The molecule has 0 radical (unpaired) electrons. The molecule has 0 saturated carbocycles. The summed E-state index contributed by atoms with van der Waals surface area (Å²) < 4.78 is 5.51. The van der Waals surface area contributed by atoms with Gasteiger partial charge in [0.1, 0.15) is 5.75 Å². The first kappa shape index (κ1) is 18.7. The molecule has 144 valence electrons. The zero-order chi connectivity index (χ0) is 19.3. The third-order valence-corrected chi connectivity index (χ3v) is 5.59. The number of nitrogens with zero attached hydrogens (tertiary/aromatic N) is 2. The number of hydrogen-bond acceptors (Lipinski definition) is 5. The van der Waals surface area contributed by atoms with Gasteiger partial charge in [-0.1, -0.05) is 42.0 Å². The number of carbonyl (C=O) groups is 1. The molecule has 2 aromatic carbocycles. The maximum Gasteiger partial charge on any atom is 0.264 e. The Bertz CT molecular complexity index is 952. The smallest absolute Gasteiger partial charge is 0.264 e. The van der Waals surface area contributed by atoms with E-state index in [1.54, 1.807) is 0 Å². The summed E-state index contributed by atoms with van der Waals surface area (Å²) in [5.41, 5.74) is 4.98. The van der Waals surface area contributed by atoms with Gasteiger partial charge in [-0.25, -0.2) is 4.98 Å². The van der Waals surface area contributed by atoms with Gasteiger partial charge in [0.2, 0.25) is 0 Å². The number of carbonyl (C=O) groups excluding carboxylic acids is 1. The molecule has 6 heteroatoms. The molecule has 0 unspecified atom stereocenters. The molecule has 0 spiro atoms. The Morgan fingerprint density at radius 3 is 2.79 bits per heavy atom. The van der Waals surface area contributed by atoms with Crippen LogP contribution in [0.5, 0.6) is 5.75 Å². The number of nitrogens with one attached hydrogen (secondary N) is 1. The van der Waals surface area contributed by atoms with Gasteiger partial charge in [-0.05, 0) is 36.6 Å². The summed E-state index contributed by atoms with van der Waals surface area (Å²) in [7, 11) is 0. The first-order valence-electron chi connectivity index (χ1n) is 9.38. The Balaban J connectivity index is 1.27. The zero-order valence-corrected chi connectivity index (χ0v) is 16.7. The van der Waals surface area contributed by atoms with Gasteiger partial charge in [0.25, 0.3) is 5.91 Å². The van der Waals surface area contributed by atoms with Crippen LogP contribution in [0.25, 0.3) is 0 Å². The lowest BCUT2D eigenvalue weighted by molar-refractivity contribution is -0.118. The maximum absolute atomic E-state index is 12.1. The van der Waals surface area contributed by atoms with E-state index < -0.39 is 0 Å². The summed E-state index contributed by atoms with van der Waals surface area (Å²) in [4.78, 5) is 19.1. The zero-order valence-electron chi connectivity index (χ0n) is 15.9. The van der Waals surface area contributed by atoms with E-state index in [1.807, 2.05) is 36.6 Å². The number of rotatable bonds is 6. The molecule has 3 aromatic rings. The van der Waals surface area contributed by atoms with Crippen molar-refractivity contribution in [1.82, 2.24) is 9.88 Å². The molecule has 4 rings (SSSR count). The van der Waals surface area contributed by atoms with Crippen LogP contribution in [0, 0.1) is 6.92 Å². The fraction of sp³-hybridized carbons (Fsp3) is 0.273. The minimum Gasteiger partial charge on any atom is -0.484 e. The summed E-state index contributed by atoms with van der Waals surface area (Å²) in [6.07, 6.45) is 1.07. The van der Waals surface area contributed by atoms with E-state index in [9.17, 15) is 4.79 Å². The second-order valence-electron chi connectivity index (χ2n) is 7.02. The predicted octanol–water partition coefficient (Wildman–Crippen LogP) is 4.03. The molecule has 0 saturated heterocycles.